The van der Waals surface area contributed by atoms with Crippen molar-refractivity contribution in [3.8, 4) is 5.75 Å². The number of methoxy groups -OCH3 is 1. The van der Waals surface area contributed by atoms with Gasteiger partial charge in [0.05, 0.1) is 23.8 Å². The molecule has 0 aliphatic heterocycles. The number of hydrogen-bond donors (Lipinski definition) is 2. The van der Waals surface area contributed by atoms with E-state index in [0.29, 0.717) is 16.1 Å². The highest BCUT2D eigenvalue weighted by molar-refractivity contribution is 7.99. The molecule has 0 radical (unpaired) electrons. The van der Waals surface area contributed by atoms with Crippen LogP contribution in [0, 0.1) is 0 Å². The number of primary sulfonamides is 1. The smallest absolute Gasteiger partial charge is 0.262 e. The fourth-order valence-corrected chi connectivity index (χ4v) is 5.61. The lowest BCUT2D eigenvalue weighted by Gasteiger charge is -2.18. The molecule has 11 heteroatoms. The van der Waals surface area contributed by atoms with Gasteiger partial charge in [-0.05, 0) is 43.2 Å². The molecule has 1 aliphatic carbocycles. The lowest BCUT2D eigenvalue weighted by molar-refractivity contribution is -0.113. The van der Waals surface area contributed by atoms with E-state index >= 15 is 0 Å². The van der Waals surface area contributed by atoms with Crippen LogP contribution in [0.3, 0.4) is 0 Å². The summed E-state index contributed by atoms with van der Waals surface area (Å²) in [4.78, 5) is 30.3. The third-order valence-corrected chi connectivity index (χ3v) is 7.44. The van der Waals surface area contributed by atoms with E-state index in [0.717, 1.165) is 25.7 Å². The molecule has 4 rings (SSSR count). The van der Waals surface area contributed by atoms with Crippen LogP contribution in [0.2, 0.25) is 0 Å². The predicted molar refractivity (Wildman–Crippen MR) is 127 cm³/mol. The highest BCUT2D eigenvalue weighted by Gasteiger charge is 2.23. The highest BCUT2D eigenvalue weighted by Crippen LogP contribution is 2.32. The minimum Gasteiger partial charge on any atom is -0.495 e. The number of thioether (sulfide) groups is 1. The lowest BCUT2D eigenvalue weighted by Crippen LogP contribution is -2.27. The first-order valence-corrected chi connectivity index (χ1v) is 13.0. The summed E-state index contributed by atoms with van der Waals surface area (Å²) in [5, 5.41) is 8.97. The van der Waals surface area contributed by atoms with Gasteiger partial charge >= 0.3 is 0 Å². The number of ether oxygens (including phenoxy) is 1. The number of nitrogens with two attached hydrogens (primary N) is 1. The Hall–Kier alpha value is -2.89. The molecule has 3 aromatic rings. The summed E-state index contributed by atoms with van der Waals surface area (Å²) >= 11 is 1.18. The van der Waals surface area contributed by atoms with Gasteiger partial charge in [0.25, 0.3) is 5.56 Å². The summed E-state index contributed by atoms with van der Waals surface area (Å²) in [6.07, 6.45) is 3.92. The number of carbonyl (C=O) groups is 1. The highest BCUT2D eigenvalue weighted by atomic mass is 32.2. The molecule has 2 aromatic carbocycles. The van der Waals surface area contributed by atoms with E-state index in [4.69, 9.17) is 9.88 Å². The van der Waals surface area contributed by atoms with Gasteiger partial charge in [-0.15, -0.1) is 0 Å². The second kappa shape index (κ2) is 9.54. The number of nitrogens with one attached hydrogen (secondary N) is 1. The molecule has 0 unspecified atom stereocenters. The van der Waals surface area contributed by atoms with Gasteiger partial charge in [-0.3, -0.25) is 14.2 Å². The summed E-state index contributed by atoms with van der Waals surface area (Å²) in [5.41, 5.74) is 0.765. The molecule has 1 saturated carbocycles. The minimum absolute atomic E-state index is 0.00572. The van der Waals surface area contributed by atoms with Crippen LogP contribution in [0.5, 0.6) is 5.75 Å². The zero-order valence-electron chi connectivity index (χ0n) is 18.0. The first-order chi connectivity index (χ1) is 15.8. The molecule has 0 atom stereocenters. The SMILES string of the molecule is COc1ccc(NC(=O)CSc2nc3ccccc3c(=O)n2C2CCCC2)cc1S(N)(=O)=O. The third-order valence-electron chi connectivity index (χ3n) is 5.55. The maximum absolute atomic E-state index is 13.2. The number of fused-ring (bicyclic) bond motifs is 1. The Morgan fingerprint density at radius 1 is 1.24 bits per heavy atom. The Balaban J connectivity index is 1.57. The monoisotopic (exact) mass is 488 g/mol. The maximum atomic E-state index is 13.2. The molecule has 9 nitrogen and oxygen atoms in total. The second-order valence-electron chi connectivity index (χ2n) is 7.77. The van der Waals surface area contributed by atoms with Crippen LogP contribution in [0.25, 0.3) is 10.9 Å². The van der Waals surface area contributed by atoms with Crippen molar-refractivity contribution in [3.05, 3.63) is 52.8 Å². The number of benzene rings is 2. The number of para-hydroxylation sites is 1. The van der Waals surface area contributed by atoms with Crippen molar-refractivity contribution in [2.45, 2.75) is 41.8 Å². The first kappa shape index (κ1) is 23.3. The normalized spacial score (nSPS) is 14.5. The number of aromatic nitrogens is 2. The van der Waals surface area contributed by atoms with E-state index in [9.17, 15) is 18.0 Å². The van der Waals surface area contributed by atoms with Crippen LogP contribution in [-0.2, 0) is 14.8 Å². The number of nitrogens with zero attached hydrogens (tertiary/aromatic N) is 2. The fourth-order valence-electron chi connectivity index (χ4n) is 4.02. The van der Waals surface area contributed by atoms with Gasteiger partial charge in [-0.1, -0.05) is 36.7 Å². The Morgan fingerprint density at radius 2 is 1.97 bits per heavy atom. The first-order valence-electron chi connectivity index (χ1n) is 10.4. The zero-order valence-corrected chi connectivity index (χ0v) is 19.6. The average molecular weight is 489 g/mol. The molecule has 0 bridgehead atoms. The molecule has 0 spiro atoms. The van der Waals surface area contributed by atoms with Crippen molar-refractivity contribution >= 4 is 44.3 Å². The Bertz CT molecular complexity index is 1360. The molecular weight excluding hydrogens is 464 g/mol. The van der Waals surface area contributed by atoms with E-state index in [1.807, 2.05) is 12.1 Å². The average Bonchev–Trinajstić information content (AvgIpc) is 3.31. The van der Waals surface area contributed by atoms with Crippen LogP contribution in [0.4, 0.5) is 5.69 Å². The van der Waals surface area contributed by atoms with Crippen molar-refractivity contribution in [2.75, 3.05) is 18.2 Å². The van der Waals surface area contributed by atoms with E-state index in [2.05, 4.69) is 10.3 Å². The maximum Gasteiger partial charge on any atom is 0.262 e. The summed E-state index contributed by atoms with van der Waals surface area (Å²) in [5.74, 6) is -0.287. The van der Waals surface area contributed by atoms with Gasteiger partial charge in [0.15, 0.2) is 5.16 Å². The Morgan fingerprint density at radius 3 is 2.67 bits per heavy atom. The molecule has 33 heavy (non-hydrogen) atoms. The third kappa shape index (κ3) is 5.05. The molecule has 174 valence electrons. The summed E-state index contributed by atoms with van der Waals surface area (Å²) in [7, 11) is -2.70. The van der Waals surface area contributed by atoms with E-state index in [-0.39, 0.29) is 39.6 Å². The topological polar surface area (TPSA) is 133 Å². The quantitative estimate of drug-likeness (QED) is 0.386. The van der Waals surface area contributed by atoms with E-state index < -0.39 is 10.0 Å². The number of rotatable bonds is 7. The molecule has 1 amide bonds. The molecule has 3 N–H and O–H groups in total. The molecule has 1 heterocycles. The van der Waals surface area contributed by atoms with E-state index in [1.165, 1.54) is 37.1 Å². The van der Waals surface area contributed by atoms with Gasteiger partial charge in [-0.2, -0.15) is 0 Å². The van der Waals surface area contributed by atoms with Crippen LogP contribution in [0.15, 0.2) is 57.3 Å². The minimum atomic E-state index is -4.03. The van der Waals surface area contributed by atoms with Crippen molar-refractivity contribution < 1.29 is 17.9 Å². The number of amides is 1. The lowest BCUT2D eigenvalue weighted by atomic mass is 10.2. The zero-order chi connectivity index (χ0) is 23.6. The van der Waals surface area contributed by atoms with Crippen LogP contribution in [0.1, 0.15) is 31.7 Å². The number of carbonyl (C=O) groups excluding carboxylic acids is 1. The molecule has 1 fully saturated rings. The molecule has 1 aliphatic rings. The van der Waals surface area contributed by atoms with Crippen molar-refractivity contribution in [3.63, 3.8) is 0 Å². The van der Waals surface area contributed by atoms with Gasteiger partial charge in [0.2, 0.25) is 15.9 Å². The second-order valence-corrected chi connectivity index (χ2v) is 10.2. The Kier molecular flexibility index (Phi) is 6.73. The molecule has 0 saturated heterocycles. The van der Waals surface area contributed by atoms with Crippen molar-refractivity contribution in [2.24, 2.45) is 5.14 Å². The predicted octanol–water partition coefficient (Wildman–Crippen LogP) is 2.90. The van der Waals surface area contributed by atoms with Gasteiger partial charge in [0, 0.05) is 11.7 Å². The number of hydrogen-bond acceptors (Lipinski definition) is 7. The van der Waals surface area contributed by atoms with Gasteiger partial charge in [-0.25, -0.2) is 18.5 Å². The van der Waals surface area contributed by atoms with Crippen molar-refractivity contribution in [1.29, 1.82) is 0 Å². The van der Waals surface area contributed by atoms with Crippen LogP contribution in [-0.4, -0.2) is 36.7 Å². The summed E-state index contributed by atoms with van der Waals surface area (Å²) < 4.78 is 30.4. The number of sulfonamides is 1. The molecular formula is C22H24N4O5S2. The fraction of sp³-hybridized carbons (Fsp3) is 0.318. The Labute approximate surface area is 195 Å². The summed E-state index contributed by atoms with van der Waals surface area (Å²) in [6, 6.07) is 11.5. The van der Waals surface area contributed by atoms with Crippen LogP contribution < -0.4 is 20.8 Å². The number of anilines is 1. The summed E-state index contributed by atoms with van der Waals surface area (Å²) in [6.45, 7) is 0. The van der Waals surface area contributed by atoms with Crippen LogP contribution >= 0.6 is 11.8 Å². The van der Waals surface area contributed by atoms with Gasteiger partial charge in [0.1, 0.15) is 10.6 Å². The molecule has 1 aromatic heterocycles. The van der Waals surface area contributed by atoms with E-state index in [1.54, 1.807) is 16.7 Å². The van der Waals surface area contributed by atoms with Gasteiger partial charge < -0.3 is 10.1 Å². The standard InChI is InChI=1S/C22H24N4O5S2/c1-31-18-11-10-14(12-19(18)33(23,29)30)24-20(27)13-32-22-25-17-9-5-4-8-16(17)21(28)26(22)15-6-2-3-7-15/h4-5,8-12,15H,2-3,6-7,13H2,1H3,(H,24,27)(H2,23,29,30). The largest absolute Gasteiger partial charge is 0.495 e. The van der Waals surface area contributed by atoms with Crippen molar-refractivity contribution in [1.82, 2.24) is 9.55 Å².